The van der Waals surface area contributed by atoms with Gasteiger partial charge >= 0.3 is 0 Å². The summed E-state index contributed by atoms with van der Waals surface area (Å²) in [5, 5.41) is 12.7. The quantitative estimate of drug-likeness (QED) is 0.879. The van der Waals surface area contributed by atoms with Crippen molar-refractivity contribution >= 4 is 5.69 Å². The first-order valence-corrected chi connectivity index (χ1v) is 6.41. The van der Waals surface area contributed by atoms with Crippen LogP contribution < -0.4 is 10.1 Å². The van der Waals surface area contributed by atoms with Crippen molar-refractivity contribution in [2.45, 2.75) is 13.0 Å². The van der Waals surface area contributed by atoms with Gasteiger partial charge < -0.3 is 15.2 Å². The van der Waals surface area contributed by atoms with Crippen molar-refractivity contribution < 1.29 is 14.2 Å². The van der Waals surface area contributed by atoms with E-state index < -0.39 is 0 Å². The van der Waals surface area contributed by atoms with Crippen LogP contribution in [-0.4, -0.2) is 18.8 Å². The van der Waals surface area contributed by atoms with Gasteiger partial charge in [0.1, 0.15) is 11.6 Å². The third kappa shape index (κ3) is 3.27. The molecular weight excluding hydrogens is 257 g/mol. The van der Waals surface area contributed by atoms with Crippen molar-refractivity contribution in [1.29, 1.82) is 0 Å². The number of nitrogens with one attached hydrogen (secondary N) is 1. The summed E-state index contributed by atoms with van der Waals surface area (Å²) in [5.41, 5.74) is 2.29. The maximum absolute atomic E-state index is 13.4. The highest BCUT2D eigenvalue weighted by Crippen LogP contribution is 2.28. The topological polar surface area (TPSA) is 41.5 Å². The zero-order valence-electron chi connectivity index (χ0n) is 11.6. The minimum atomic E-state index is -0.354. The van der Waals surface area contributed by atoms with Gasteiger partial charge in [-0.25, -0.2) is 4.39 Å². The lowest BCUT2D eigenvalue weighted by Crippen LogP contribution is -2.16. The number of hydrogen-bond acceptors (Lipinski definition) is 3. The summed E-state index contributed by atoms with van der Waals surface area (Å²) in [5.74, 6) is 0.386. The van der Waals surface area contributed by atoms with Gasteiger partial charge in [-0.3, -0.25) is 0 Å². The SMILES string of the molecule is COc1ccccc1C(CO)Nc1cc(C)cc(F)c1. The molecule has 0 aliphatic rings. The van der Waals surface area contributed by atoms with E-state index in [1.807, 2.05) is 37.3 Å². The molecule has 2 aromatic carbocycles. The third-order valence-electron chi connectivity index (χ3n) is 3.08. The second-order valence-electron chi connectivity index (χ2n) is 4.64. The average molecular weight is 275 g/mol. The van der Waals surface area contributed by atoms with E-state index in [-0.39, 0.29) is 18.5 Å². The maximum atomic E-state index is 13.4. The molecule has 20 heavy (non-hydrogen) atoms. The number of para-hydroxylation sites is 1. The summed E-state index contributed by atoms with van der Waals surface area (Å²) in [6.07, 6.45) is 0. The van der Waals surface area contributed by atoms with E-state index >= 15 is 0 Å². The molecule has 0 saturated carbocycles. The van der Waals surface area contributed by atoms with Crippen LogP contribution in [0.5, 0.6) is 5.75 Å². The molecule has 2 aromatic rings. The van der Waals surface area contributed by atoms with Gasteiger partial charge in [-0.1, -0.05) is 18.2 Å². The Morgan fingerprint density at radius 1 is 1.25 bits per heavy atom. The number of methoxy groups -OCH3 is 1. The number of ether oxygens (including phenoxy) is 1. The van der Waals surface area contributed by atoms with Gasteiger partial charge in [0.05, 0.1) is 19.8 Å². The van der Waals surface area contributed by atoms with Crippen molar-refractivity contribution in [3.8, 4) is 5.75 Å². The van der Waals surface area contributed by atoms with Gasteiger partial charge in [0.25, 0.3) is 0 Å². The summed E-state index contributed by atoms with van der Waals surface area (Å²) < 4.78 is 18.7. The molecule has 1 atom stereocenters. The Labute approximate surface area is 118 Å². The summed E-state index contributed by atoms with van der Waals surface area (Å²) in [4.78, 5) is 0. The monoisotopic (exact) mass is 275 g/mol. The fraction of sp³-hybridized carbons (Fsp3) is 0.250. The number of aliphatic hydroxyl groups excluding tert-OH is 1. The normalized spacial score (nSPS) is 12.0. The molecule has 0 saturated heterocycles. The Bertz CT molecular complexity index is 566. The fourth-order valence-electron chi connectivity index (χ4n) is 2.20. The Hall–Kier alpha value is -2.07. The van der Waals surface area contributed by atoms with E-state index in [9.17, 15) is 9.50 Å². The summed E-state index contributed by atoms with van der Waals surface area (Å²) in [6, 6.07) is 11.8. The number of hydrogen-bond donors (Lipinski definition) is 2. The van der Waals surface area contributed by atoms with E-state index in [1.165, 1.54) is 12.1 Å². The summed E-state index contributed by atoms with van der Waals surface area (Å²) in [7, 11) is 1.58. The van der Waals surface area contributed by atoms with Crippen molar-refractivity contribution in [2.75, 3.05) is 19.0 Å². The number of benzene rings is 2. The lowest BCUT2D eigenvalue weighted by molar-refractivity contribution is 0.273. The molecule has 0 heterocycles. The molecule has 106 valence electrons. The lowest BCUT2D eigenvalue weighted by Gasteiger charge is -2.20. The number of aryl methyl sites for hydroxylation is 1. The van der Waals surface area contributed by atoms with Crippen LogP contribution in [0.15, 0.2) is 42.5 Å². The van der Waals surface area contributed by atoms with Crippen LogP contribution in [0, 0.1) is 12.7 Å². The minimum Gasteiger partial charge on any atom is -0.496 e. The molecule has 4 heteroatoms. The van der Waals surface area contributed by atoms with Crippen LogP contribution in [0.2, 0.25) is 0 Å². The highest BCUT2D eigenvalue weighted by Gasteiger charge is 2.15. The molecule has 2 rings (SSSR count). The fourth-order valence-corrected chi connectivity index (χ4v) is 2.20. The second kappa shape index (κ2) is 6.39. The highest BCUT2D eigenvalue weighted by atomic mass is 19.1. The molecule has 0 aliphatic heterocycles. The Morgan fingerprint density at radius 2 is 2.00 bits per heavy atom. The molecular formula is C16H18FNO2. The Balaban J connectivity index is 2.28. The van der Waals surface area contributed by atoms with Gasteiger partial charge in [0.15, 0.2) is 0 Å². The minimum absolute atomic E-state index is 0.115. The van der Waals surface area contributed by atoms with Gasteiger partial charge in [0.2, 0.25) is 0 Å². The number of rotatable bonds is 5. The van der Waals surface area contributed by atoms with E-state index in [2.05, 4.69) is 5.32 Å². The largest absolute Gasteiger partial charge is 0.496 e. The number of anilines is 1. The number of aliphatic hydroxyl groups is 1. The predicted molar refractivity (Wildman–Crippen MR) is 77.6 cm³/mol. The standard InChI is InChI=1S/C16H18FNO2/c1-11-7-12(17)9-13(8-11)18-15(10-19)14-5-3-4-6-16(14)20-2/h3-9,15,18-19H,10H2,1-2H3. The molecule has 1 unspecified atom stereocenters. The molecule has 0 aliphatic carbocycles. The smallest absolute Gasteiger partial charge is 0.125 e. The Kier molecular flexibility index (Phi) is 4.58. The molecule has 0 amide bonds. The molecule has 3 nitrogen and oxygen atoms in total. The first-order chi connectivity index (χ1) is 9.63. The van der Waals surface area contributed by atoms with Crippen LogP contribution in [0.1, 0.15) is 17.2 Å². The first kappa shape index (κ1) is 14.3. The molecule has 2 N–H and O–H groups in total. The van der Waals surface area contributed by atoms with Gasteiger partial charge in [-0.2, -0.15) is 0 Å². The zero-order valence-corrected chi connectivity index (χ0v) is 11.6. The third-order valence-corrected chi connectivity index (χ3v) is 3.08. The van der Waals surface area contributed by atoms with E-state index in [4.69, 9.17) is 4.74 Å². The average Bonchev–Trinajstić information content (AvgIpc) is 2.43. The summed E-state index contributed by atoms with van der Waals surface area (Å²) in [6.45, 7) is 1.71. The van der Waals surface area contributed by atoms with Gasteiger partial charge in [0, 0.05) is 11.3 Å². The first-order valence-electron chi connectivity index (χ1n) is 6.41. The van der Waals surface area contributed by atoms with Crippen molar-refractivity contribution in [3.63, 3.8) is 0 Å². The molecule has 0 radical (unpaired) electrons. The summed E-state index contributed by atoms with van der Waals surface area (Å²) >= 11 is 0. The molecule has 0 spiro atoms. The van der Waals surface area contributed by atoms with E-state index in [0.717, 1.165) is 11.1 Å². The van der Waals surface area contributed by atoms with E-state index in [1.54, 1.807) is 7.11 Å². The Morgan fingerprint density at radius 3 is 2.65 bits per heavy atom. The van der Waals surface area contributed by atoms with Gasteiger partial charge in [-0.05, 0) is 36.8 Å². The molecule has 0 aromatic heterocycles. The maximum Gasteiger partial charge on any atom is 0.125 e. The van der Waals surface area contributed by atoms with Crippen molar-refractivity contribution in [1.82, 2.24) is 0 Å². The molecule has 0 fully saturated rings. The molecule has 0 bridgehead atoms. The highest BCUT2D eigenvalue weighted by molar-refractivity contribution is 5.50. The van der Waals surface area contributed by atoms with Crippen LogP contribution in [0.3, 0.4) is 0 Å². The van der Waals surface area contributed by atoms with Crippen LogP contribution in [-0.2, 0) is 0 Å². The van der Waals surface area contributed by atoms with Crippen LogP contribution in [0.4, 0.5) is 10.1 Å². The van der Waals surface area contributed by atoms with Crippen molar-refractivity contribution in [2.24, 2.45) is 0 Å². The van der Waals surface area contributed by atoms with Gasteiger partial charge in [-0.15, -0.1) is 0 Å². The van der Waals surface area contributed by atoms with Crippen molar-refractivity contribution in [3.05, 3.63) is 59.4 Å². The van der Waals surface area contributed by atoms with Crippen LogP contribution >= 0.6 is 0 Å². The zero-order chi connectivity index (χ0) is 14.5. The predicted octanol–water partition coefficient (Wildman–Crippen LogP) is 3.29. The van der Waals surface area contributed by atoms with E-state index in [0.29, 0.717) is 11.4 Å². The number of halogens is 1. The second-order valence-corrected chi connectivity index (χ2v) is 4.64. The lowest BCUT2D eigenvalue weighted by atomic mass is 10.1. The van der Waals surface area contributed by atoms with Crippen LogP contribution in [0.25, 0.3) is 0 Å².